The van der Waals surface area contributed by atoms with Crippen molar-refractivity contribution in [3.8, 4) is 5.69 Å². The van der Waals surface area contributed by atoms with Gasteiger partial charge in [0.1, 0.15) is 0 Å². The number of halogens is 1. The fourth-order valence-electron chi connectivity index (χ4n) is 3.08. The van der Waals surface area contributed by atoms with Crippen LogP contribution in [0.15, 0.2) is 71.5 Å². The van der Waals surface area contributed by atoms with Gasteiger partial charge in [0.25, 0.3) is 0 Å². The van der Waals surface area contributed by atoms with E-state index in [2.05, 4.69) is 26.3 Å². The van der Waals surface area contributed by atoms with Gasteiger partial charge in [-0.2, -0.15) is 5.10 Å². The molecule has 0 spiro atoms. The van der Waals surface area contributed by atoms with Gasteiger partial charge in [-0.3, -0.25) is 4.79 Å². The molecule has 4 nitrogen and oxygen atoms in total. The van der Waals surface area contributed by atoms with Gasteiger partial charge in [-0.25, -0.2) is 4.68 Å². The van der Waals surface area contributed by atoms with E-state index in [9.17, 15) is 4.79 Å². The molecule has 0 radical (unpaired) electrons. The maximum Gasteiger partial charge on any atom is 0.230 e. The maximum absolute atomic E-state index is 12.7. The molecule has 1 aliphatic carbocycles. The summed E-state index contributed by atoms with van der Waals surface area (Å²) in [6.07, 6.45) is 5.55. The fraction of sp³-hybridized carbons (Fsp3) is 0.200. The topological polar surface area (TPSA) is 46.9 Å². The minimum Gasteiger partial charge on any atom is -0.351 e. The number of hydrogen-bond donors (Lipinski definition) is 1. The smallest absolute Gasteiger partial charge is 0.230 e. The number of carbonyl (C=O) groups excluding carboxylic acids is 1. The van der Waals surface area contributed by atoms with Crippen molar-refractivity contribution in [1.29, 1.82) is 0 Å². The van der Waals surface area contributed by atoms with E-state index in [4.69, 9.17) is 0 Å². The Bertz CT molecular complexity index is 900. The molecule has 1 amide bonds. The second kappa shape index (κ2) is 6.48. The van der Waals surface area contributed by atoms with Crippen LogP contribution in [0.2, 0.25) is 0 Å². The molecule has 4 rings (SSSR count). The Balaban J connectivity index is 1.44. The largest absolute Gasteiger partial charge is 0.351 e. The molecule has 0 bridgehead atoms. The summed E-state index contributed by atoms with van der Waals surface area (Å²) in [5, 5.41) is 7.45. The van der Waals surface area contributed by atoms with Gasteiger partial charge in [-0.1, -0.05) is 46.3 Å². The molecule has 0 atom stereocenters. The van der Waals surface area contributed by atoms with Gasteiger partial charge in [0.05, 0.1) is 17.3 Å². The number of nitrogens with one attached hydrogen (secondary N) is 1. The van der Waals surface area contributed by atoms with Crippen LogP contribution >= 0.6 is 15.9 Å². The molecule has 0 aliphatic heterocycles. The molecular weight excluding hydrogens is 378 g/mol. The van der Waals surface area contributed by atoms with E-state index in [0.717, 1.165) is 34.1 Å². The second-order valence-electron chi connectivity index (χ2n) is 6.40. The van der Waals surface area contributed by atoms with Gasteiger partial charge in [-0.15, -0.1) is 0 Å². The molecule has 0 unspecified atom stereocenters. The Morgan fingerprint density at radius 3 is 2.68 bits per heavy atom. The Hall–Kier alpha value is -2.40. The van der Waals surface area contributed by atoms with Crippen molar-refractivity contribution in [2.24, 2.45) is 0 Å². The first-order valence-electron chi connectivity index (χ1n) is 8.31. The first kappa shape index (κ1) is 16.1. The Kier molecular flexibility index (Phi) is 4.17. The highest BCUT2D eigenvalue weighted by Gasteiger charge is 2.51. The van der Waals surface area contributed by atoms with Crippen LogP contribution in [-0.2, 0) is 16.8 Å². The zero-order valence-corrected chi connectivity index (χ0v) is 15.2. The molecule has 1 saturated carbocycles. The zero-order valence-electron chi connectivity index (χ0n) is 13.7. The number of hydrogen-bond acceptors (Lipinski definition) is 2. The van der Waals surface area contributed by atoms with Crippen LogP contribution in [0, 0.1) is 0 Å². The SMILES string of the molecule is O=C(NCc1cnn(-c2ccccc2)c1)C1(c2cccc(Br)c2)CC1. The van der Waals surface area contributed by atoms with Crippen molar-refractivity contribution in [3.63, 3.8) is 0 Å². The Morgan fingerprint density at radius 1 is 1.16 bits per heavy atom. The standard InChI is InChI=1S/C20H18BrN3O/c21-17-6-4-5-16(11-17)20(9-10-20)19(25)22-12-15-13-23-24(14-15)18-7-2-1-3-8-18/h1-8,11,13-14H,9-10,12H2,(H,22,25). The van der Waals surface area contributed by atoms with Gasteiger partial charge >= 0.3 is 0 Å². The Morgan fingerprint density at radius 2 is 1.96 bits per heavy atom. The summed E-state index contributed by atoms with van der Waals surface area (Å²) in [7, 11) is 0. The van der Waals surface area contributed by atoms with Crippen molar-refractivity contribution in [1.82, 2.24) is 15.1 Å². The van der Waals surface area contributed by atoms with Crippen LogP contribution in [0.4, 0.5) is 0 Å². The number of rotatable bonds is 5. The molecule has 25 heavy (non-hydrogen) atoms. The van der Waals surface area contributed by atoms with Gasteiger partial charge < -0.3 is 5.32 Å². The van der Waals surface area contributed by atoms with Crippen LogP contribution in [0.3, 0.4) is 0 Å². The van der Waals surface area contributed by atoms with Crippen molar-refractivity contribution in [2.45, 2.75) is 24.8 Å². The summed E-state index contributed by atoms with van der Waals surface area (Å²) < 4.78 is 2.83. The minimum absolute atomic E-state index is 0.0954. The minimum atomic E-state index is -0.362. The highest BCUT2D eigenvalue weighted by molar-refractivity contribution is 9.10. The average molecular weight is 396 g/mol. The quantitative estimate of drug-likeness (QED) is 0.709. The van der Waals surface area contributed by atoms with Crippen molar-refractivity contribution < 1.29 is 4.79 Å². The highest BCUT2D eigenvalue weighted by atomic mass is 79.9. The predicted octanol–water partition coefficient (Wildman–Crippen LogP) is 3.98. The highest BCUT2D eigenvalue weighted by Crippen LogP contribution is 2.48. The lowest BCUT2D eigenvalue weighted by atomic mass is 9.95. The number of carbonyl (C=O) groups is 1. The van der Waals surface area contributed by atoms with Gasteiger partial charge in [0.2, 0.25) is 5.91 Å². The van der Waals surface area contributed by atoms with E-state index in [0.29, 0.717) is 6.54 Å². The molecule has 2 aromatic carbocycles. The third-order valence-electron chi connectivity index (χ3n) is 4.67. The third kappa shape index (κ3) is 3.24. The predicted molar refractivity (Wildman–Crippen MR) is 100 cm³/mol. The molecule has 126 valence electrons. The van der Waals surface area contributed by atoms with Gasteiger partial charge in [0.15, 0.2) is 0 Å². The molecule has 1 heterocycles. The molecule has 1 fully saturated rings. The molecule has 1 aliphatic rings. The van der Waals surface area contributed by atoms with Crippen LogP contribution in [0.25, 0.3) is 5.69 Å². The molecule has 3 aromatic rings. The van der Waals surface area contributed by atoms with Crippen LogP contribution in [0.1, 0.15) is 24.0 Å². The van der Waals surface area contributed by atoms with Crippen LogP contribution in [-0.4, -0.2) is 15.7 Å². The first-order chi connectivity index (χ1) is 12.2. The number of benzene rings is 2. The maximum atomic E-state index is 12.7. The normalized spacial score (nSPS) is 14.9. The number of aromatic nitrogens is 2. The van der Waals surface area contributed by atoms with E-state index < -0.39 is 0 Å². The molecule has 1 aromatic heterocycles. The van der Waals surface area contributed by atoms with E-state index in [-0.39, 0.29) is 11.3 Å². The second-order valence-corrected chi connectivity index (χ2v) is 7.32. The summed E-state index contributed by atoms with van der Waals surface area (Å²) in [5.41, 5.74) is 2.72. The van der Waals surface area contributed by atoms with Gasteiger partial charge in [0, 0.05) is 22.8 Å². The van der Waals surface area contributed by atoms with Crippen molar-refractivity contribution in [2.75, 3.05) is 0 Å². The number of amides is 1. The molecule has 1 N–H and O–H groups in total. The molecular formula is C20H18BrN3O. The average Bonchev–Trinajstić information content (AvgIpc) is 3.32. The van der Waals surface area contributed by atoms with E-state index in [1.807, 2.05) is 65.5 Å². The lowest BCUT2D eigenvalue weighted by molar-refractivity contribution is -0.123. The summed E-state index contributed by atoms with van der Waals surface area (Å²) >= 11 is 3.49. The summed E-state index contributed by atoms with van der Waals surface area (Å²) in [6.45, 7) is 0.488. The third-order valence-corrected chi connectivity index (χ3v) is 5.16. The van der Waals surface area contributed by atoms with E-state index in [1.165, 1.54) is 0 Å². The monoisotopic (exact) mass is 395 g/mol. The summed E-state index contributed by atoms with van der Waals surface area (Å²) in [4.78, 5) is 12.7. The van der Waals surface area contributed by atoms with Crippen molar-refractivity contribution >= 4 is 21.8 Å². The Labute approximate surface area is 155 Å². The lowest BCUT2D eigenvalue weighted by Crippen LogP contribution is -2.34. The molecule has 0 saturated heterocycles. The lowest BCUT2D eigenvalue weighted by Gasteiger charge is -2.15. The summed E-state index contributed by atoms with van der Waals surface area (Å²) in [5.74, 6) is 0.0954. The van der Waals surface area contributed by atoms with Crippen LogP contribution < -0.4 is 5.32 Å². The number of para-hydroxylation sites is 1. The summed E-state index contributed by atoms with van der Waals surface area (Å²) in [6, 6.07) is 18.0. The van der Waals surface area contributed by atoms with E-state index in [1.54, 1.807) is 6.20 Å². The zero-order chi connectivity index (χ0) is 17.3. The van der Waals surface area contributed by atoms with Gasteiger partial charge in [-0.05, 0) is 42.7 Å². The number of nitrogens with zero attached hydrogens (tertiary/aromatic N) is 2. The molecule has 5 heteroatoms. The van der Waals surface area contributed by atoms with Crippen molar-refractivity contribution in [3.05, 3.63) is 82.6 Å². The van der Waals surface area contributed by atoms with Crippen LogP contribution in [0.5, 0.6) is 0 Å². The fourth-order valence-corrected chi connectivity index (χ4v) is 3.48. The first-order valence-corrected chi connectivity index (χ1v) is 9.10. The van der Waals surface area contributed by atoms with E-state index >= 15 is 0 Å².